The molecule has 3 unspecified atom stereocenters. The molecule has 1 aromatic rings. The van der Waals surface area contributed by atoms with Gasteiger partial charge in [0.25, 0.3) is 0 Å². The SMILES string of the molecule is CNC(=O)Nc1nc2c(s1)C1CN(C(C)=O)CC3N(C(=O)OC(C)(C)C)C13C2. The highest BCUT2D eigenvalue weighted by Crippen LogP contribution is 2.62. The predicted molar refractivity (Wildman–Crippen MR) is 103 cm³/mol. The highest BCUT2D eigenvalue weighted by molar-refractivity contribution is 7.16. The van der Waals surface area contributed by atoms with Crippen LogP contribution >= 0.6 is 11.3 Å². The molecule has 10 heteroatoms. The van der Waals surface area contributed by atoms with Gasteiger partial charge in [0, 0.05) is 44.3 Å². The van der Waals surface area contributed by atoms with Crippen LogP contribution in [0.4, 0.5) is 14.7 Å². The minimum atomic E-state index is -0.582. The van der Waals surface area contributed by atoms with Gasteiger partial charge in [0.15, 0.2) is 5.13 Å². The minimum Gasteiger partial charge on any atom is -0.444 e. The van der Waals surface area contributed by atoms with E-state index in [-0.39, 0.29) is 35.5 Å². The topological polar surface area (TPSA) is 104 Å². The maximum atomic E-state index is 12.8. The van der Waals surface area contributed by atoms with E-state index >= 15 is 0 Å². The third-order valence-corrected chi connectivity index (χ3v) is 6.77. The van der Waals surface area contributed by atoms with E-state index < -0.39 is 5.60 Å². The first-order chi connectivity index (χ1) is 13.1. The van der Waals surface area contributed by atoms with Gasteiger partial charge in [-0.25, -0.2) is 14.6 Å². The van der Waals surface area contributed by atoms with E-state index in [4.69, 9.17) is 4.74 Å². The molecule has 4 rings (SSSR count). The maximum absolute atomic E-state index is 12.8. The fourth-order valence-electron chi connectivity index (χ4n) is 4.46. The van der Waals surface area contributed by atoms with Crippen molar-refractivity contribution >= 4 is 34.5 Å². The van der Waals surface area contributed by atoms with Crippen LogP contribution in [0.3, 0.4) is 0 Å². The molecule has 3 heterocycles. The zero-order chi connectivity index (χ0) is 20.4. The van der Waals surface area contributed by atoms with Crippen LogP contribution in [0.25, 0.3) is 0 Å². The third-order valence-electron chi connectivity index (χ3n) is 5.65. The lowest BCUT2D eigenvalue weighted by Crippen LogP contribution is -2.45. The van der Waals surface area contributed by atoms with Crippen LogP contribution in [0.1, 0.15) is 44.2 Å². The lowest BCUT2D eigenvalue weighted by Gasteiger charge is -2.32. The number of amides is 4. The van der Waals surface area contributed by atoms with Crippen LogP contribution in [0, 0.1) is 0 Å². The van der Waals surface area contributed by atoms with Crippen LogP contribution in [-0.2, 0) is 16.0 Å². The number of carbonyl (C=O) groups excluding carboxylic acids is 3. The lowest BCUT2D eigenvalue weighted by atomic mass is 9.87. The molecule has 2 aliphatic heterocycles. The third kappa shape index (κ3) is 2.81. The molecule has 9 nitrogen and oxygen atoms in total. The second-order valence-electron chi connectivity index (χ2n) is 8.54. The molecule has 28 heavy (non-hydrogen) atoms. The number of ether oxygens (including phenoxy) is 1. The van der Waals surface area contributed by atoms with Crippen molar-refractivity contribution in [2.75, 3.05) is 25.5 Å². The Morgan fingerprint density at radius 2 is 2.00 bits per heavy atom. The summed E-state index contributed by atoms with van der Waals surface area (Å²) >= 11 is 1.42. The Kier molecular flexibility index (Phi) is 4.11. The quantitative estimate of drug-likeness (QED) is 0.691. The molecule has 3 aliphatic rings. The number of hydrogen-bond donors (Lipinski definition) is 2. The molecule has 1 aromatic heterocycles. The Morgan fingerprint density at radius 3 is 2.61 bits per heavy atom. The van der Waals surface area contributed by atoms with Gasteiger partial charge in [-0.1, -0.05) is 0 Å². The number of anilines is 1. The van der Waals surface area contributed by atoms with Gasteiger partial charge < -0.3 is 15.0 Å². The molecule has 0 saturated carbocycles. The fraction of sp³-hybridized carbons (Fsp3) is 0.667. The minimum absolute atomic E-state index is 0.00804. The van der Waals surface area contributed by atoms with Crippen molar-refractivity contribution in [3.8, 4) is 0 Å². The van der Waals surface area contributed by atoms with Gasteiger partial charge in [-0.2, -0.15) is 0 Å². The number of nitrogens with one attached hydrogen (secondary N) is 2. The van der Waals surface area contributed by atoms with Crippen molar-refractivity contribution in [1.82, 2.24) is 20.1 Å². The van der Waals surface area contributed by atoms with Crippen LogP contribution in [0.5, 0.6) is 0 Å². The van der Waals surface area contributed by atoms with Gasteiger partial charge in [-0.3, -0.25) is 15.0 Å². The van der Waals surface area contributed by atoms with E-state index in [0.29, 0.717) is 24.6 Å². The van der Waals surface area contributed by atoms with Gasteiger partial charge in [-0.15, -0.1) is 11.3 Å². The number of urea groups is 1. The summed E-state index contributed by atoms with van der Waals surface area (Å²) in [4.78, 5) is 45.7. The molecule has 2 N–H and O–H groups in total. The van der Waals surface area contributed by atoms with E-state index in [2.05, 4.69) is 15.6 Å². The number of thiazole rings is 1. The van der Waals surface area contributed by atoms with E-state index in [1.807, 2.05) is 20.8 Å². The molecule has 152 valence electrons. The second kappa shape index (κ2) is 6.07. The summed E-state index contributed by atoms with van der Waals surface area (Å²) in [5, 5.41) is 5.75. The molecule has 2 fully saturated rings. The standard InChI is InChI=1S/C18H25N5O4S/c1-9(24)22-7-10-13-11(20-15(28-13)21-14(25)19-5)6-18(10)12(8-22)23(18)16(26)27-17(2,3)4/h10,12H,6-8H2,1-5H3,(H2,19,20,21,25). The largest absolute Gasteiger partial charge is 0.444 e. The molecule has 3 atom stereocenters. The van der Waals surface area contributed by atoms with Crippen LogP contribution in [-0.4, -0.2) is 70.1 Å². The summed E-state index contributed by atoms with van der Waals surface area (Å²) in [5.41, 5.74) is -0.0574. The molecule has 1 aliphatic carbocycles. The van der Waals surface area contributed by atoms with E-state index in [1.165, 1.54) is 11.3 Å². The summed E-state index contributed by atoms with van der Waals surface area (Å²) in [6.45, 7) is 8.15. The Balaban J connectivity index is 1.64. The first-order valence-corrected chi connectivity index (χ1v) is 10.1. The number of carbonyl (C=O) groups is 3. The van der Waals surface area contributed by atoms with E-state index in [1.54, 1.807) is 23.8 Å². The second-order valence-corrected chi connectivity index (χ2v) is 9.58. The van der Waals surface area contributed by atoms with Crippen molar-refractivity contribution in [2.24, 2.45) is 0 Å². The number of rotatable bonds is 1. The number of fused-ring (bicyclic) bond motifs is 2. The van der Waals surface area contributed by atoms with Gasteiger partial charge >= 0.3 is 12.1 Å². The molecule has 0 aromatic carbocycles. The Hall–Kier alpha value is -2.36. The highest BCUT2D eigenvalue weighted by Gasteiger charge is 2.75. The molecule has 0 bridgehead atoms. The van der Waals surface area contributed by atoms with Crippen molar-refractivity contribution in [1.29, 1.82) is 0 Å². The number of hydrogen-bond acceptors (Lipinski definition) is 6. The van der Waals surface area contributed by atoms with Crippen LogP contribution < -0.4 is 10.6 Å². The normalized spacial score (nSPS) is 27.5. The summed E-state index contributed by atoms with van der Waals surface area (Å²) in [5.74, 6) is -0.0262. The van der Waals surface area contributed by atoms with Crippen molar-refractivity contribution in [3.05, 3.63) is 10.6 Å². The number of nitrogens with zero attached hydrogens (tertiary/aromatic N) is 3. The monoisotopic (exact) mass is 407 g/mol. The summed E-state index contributed by atoms with van der Waals surface area (Å²) < 4.78 is 5.62. The average molecular weight is 407 g/mol. The van der Waals surface area contributed by atoms with Crippen molar-refractivity contribution in [2.45, 2.75) is 57.2 Å². The first-order valence-electron chi connectivity index (χ1n) is 9.33. The van der Waals surface area contributed by atoms with Gasteiger partial charge in [0.1, 0.15) is 5.60 Å². The first kappa shape index (κ1) is 19.0. The molecule has 0 radical (unpaired) electrons. The van der Waals surface area contributed by atoms with Crippen LogP contribution in [0.2, 0.25) is 0 Å². The van der Waals surface area contributed by atoms with Gasteiger partial charge in [0.2, 0.25) is 5.91 Å². The van der Waals surface area contributed by atoms with E-state index in [9.17, 15) is 14.4 Å². The number of aromatic nitrogens is 1. The predicted octanol–water partition coefficient (Wildman–Crippen LogP) is 1.75. The Bertz CT molecular complexity index is 863. The van der Waals surface area contributed by atoms with Gasteiger partial charge in [0.05, 0.1) is 17.3 Å². The van der Waals surface area contributed by atoms with Crippen molar-refractivity contribution in [3.63, 3.8) is 0 Å². The molecular formula is C18H25N5O4S. The summed E-state index contributed by atoms with van der Waals surface area (Å²) in [7, 11) is 1.55. The highest BCUT2D eigenvalue weighted by atomic mass is 32.1. The zero-order valence-electron chi connectivity index (χ0n) is 16.7. The van der Waals surface area contributed by atoms with Crippen molar-refractivity contribution < 1.29 is 19.1 Å². The van der Waals surface area contributed by atoms with Gasteiger partial charge in [-0.05, 0) is 20.8 Å². The molecule has 2 saturated heterocycles. The summed E-state index contributed by atoms with van der Waals surface area (Å²) in [6, 6.07) is -0.391. The zero-order valence-corrected chi connectivity index (χ0v) is 17.5. The summed E-state index contributed by atoms with van der Waals surface area (Å²) in [6.07, 6.45) is 0.279. The number of likely N-dealkylation sites (tertiary alicyclic amines) is 1. The number of piperidine rings is 1. The maximum Gasteiger partial charge on any atom is 0.411 e. The lowest BCUT2D eigenvalue weighted by molar-refractivity contribution is -0.129. The Morgan fingerprint density at radius 1 is 1.29 bits per heavy atom. The van der Waals surface area contributed by atoms with Crippen LogP contribution in [0.15, 0.2) is 0 Å². The average Bonchev–Trinajstić information content (AvgIpc) is 2.92. The molecule has 4 amide bonds. The molecular weight excluding hydrogens is 382 g/mol. The Labute approximate surface area is 167 Å². The van der Waals surface area contributed by atoms with E-state index in [0.717, 1.165) is 10.6 Å². The fourth-order valence-corrected chi connectivity index (χ4v) is 5.62. The molecule has 1 spiro atoms. The smallest absolute Gasteiger partial charge is 0.411 e.